The number of rotatable bonds is 2. The summed E-state index contributed by atoms with van der Waals surface area (Å²) in [5.74, 6) is 0.488. The number of primary amides is 1. The third-order valence-corrected chi connectivity index (χ3v) is 2.28. The lowest BCUT2D eigenvalue weighted by atomic mass is 10.1. The lowest BCUT2D eigenvalue weighted by molar-refractivity contribution is -0.121. The molecule has 0 heterocycles. The first kappa shape index (κ1) is 7.54. The molecule has 3 nitrogen and oxygen atoms in total. The van der Waals surface area contributed by atoms with E-state index in [1.54, 1.807) is 0 Å². The van der Waals surface area contributed by atoms with Crippen LogP contribution >= 0.6 is 0 Å². The first-order chi connectivity index (χ1) is 4.74. The fraction of sp³-hybridized carbons (Fsp3) is 0.857. The van der Waals surface area contributed by atoms with Crippen LogP contribution in [0.3, 0.4) is 0 Å². The number of carbonyl (C=O) groups is 1. The molecule has 0 aliphatic heterocycles. The summed E-state index contributed by atoms with van der Waals surface area (Å²) in [5, 5.41) is 0. The van der Waals surface area contributed by atoms with Crippen molar-refractivity contribution in [3.8, 4) is 0 Å². The first-order valence-corrected chi connectivity index (χ1v) is 3.73. The molecule has 2 atom stereocenters. The van der Waals surface area contributed by atoms with E-state index in [-0.39, 0.29) is 11.8 Å². The van der Waals surface area contributed by atoms with Gasteiger partial charge in [-0.3, -0.25) is 4.79 Å². The van der Waals surface area contributed by atoms with E-state index in [0.717, 1.165) is 19.3 Å². The van der Waals surface area contributed by atoms with E-state index >= 15 is 0 Å². The molecule has 1 aliphatic carbocycles. The molecule has 3 heteroatoms. The average Bonchev–Trinajstić information content (AvgIpc) is 2.34. The van der Waals surface area contributed by atoms with Crippen molar-refractivity contribution in [2.24, 2.45) is 23.3 Å². The minimum atomic E-state index is -0.157. The molecule has 58 valence electrons. The molecule has 0 saturated heterocycles. The van der Waals surface area contributed by atoms with Crippen LogP contribution in [-0.2, 0) is 4.79 Å². The van der Waals surface area contributed by atoms with Crippen molar-refractivity contribution in [2.75, 3.05) is 6.54 Å². The molecule has 0 aromatic rings. The highest BCUT2D eigenvalue weighted by molar-refractivity contribution is 5.76. The number of amides is 1. The highest BCUT2D eigenvalue weighted by Crippen LogP contribution is 2.29. The van der Waals surface area contributed by atoms with Gasteiger partial charge in [-0.2, -0.15) is 0 Å². The molecule has 0 radical (unpaired) electrons. The maximum atomic E-state index is 10.6. The zero-order valence-corrected chi connectivity index (χ0v) is 6.05. The van der Waals surface area contributed by atoms with Crippen LogP contribution in [0.4, 0.5) is 0 Å². The summed E-state index contributed by atoms with van der Waals surface area (Å²) in [7, 11) is 0. The van der Waals surface area contributed by atoms with Crippen LogP contribution in [-0.4, -0.2) is 12.5 Å². The van der Waals surface area contributed by atoms with E-state index in [2.05, 4.69) is 0 Å². The molecule has 4 N–H and O–H groups in total. The molecule has 2 unspecified atom stereocenters. The Morgan fingerprint density at radius 1 is 1.50 bits per heavy atom. The van der Waals surface area contributed by atoms with Crippen molar-refractivity contribution in [1.29, 1.82) is 0 Å². The van der Waals surface area contributed by atoms with Gasteiger partial charge in [-0.05, 0) is 31.7 Å². The summed E-state index contributed by atoms with van der Waals surface area (Å²) in [6, 6.07) is 0. The van der Waals surface area contributed by atoms with Gasteiger partial charge < -0.3 is 11.5 Å². The normalized spacial score (nSPS) is 32.5. The number of carbonyl (C=O) groups excluding carboxylic acids is 1. The standard InChI is InChI=1S/C7H14N2O/c8-4-5-1-2-6(3-5)7(9)10/h5-6H,1-4,8H2,(H2,9,10). The zero-order chi connectivity index (χ0) is 7.56. The van der Waals surface area contributed by atoms with Crippen LogP contribution < -0.4 is 11.5 Å². The first-order valence-electron chi connectivity index (χ1n) is 3.73. The molecule has 0 bridgehead atoms. The smallest absolute Gasteiger partial charge is 0.220 e. The minimum absolute atomic E-state index is 0.105. The van der Waals surface area contributed by atoms with Crippen molar-refractivity contribution in [1.82, 2.24) is 0 Å². The van der Waals surface area contributed by atoms with Crippen molar-refractivity contribution >= 4 is 5.91 Å². The van der Waals surface area contributed by atoms with Gasteiger partial charge in [0.1, 0.15) is 0 Å². The van der Waals surface area contributed by atoms with Crippen molar-refractivity contribution in [2.45, 2.75) is 19.3 Å². The highest BCUT2D eigenvalue weighted by Gasteiger charge is 2.26. The molecule has 0 spiro atoms. The second kappa shape index (κ2) is 3.01. The summed E-state index contributed by atoms with van der Waals surface area (Å²) in [6.45, 7) is 0.698. The van der Waals surface area contributed by atoms with Gasteiger partial charge in [-0.15, -0.1) is 0 Å². The van der Waals surface area contributed by atoms with Crippen LogP contribution in [0.15, 0.2) is 0 Å². The summed E-state index contributed by atoms with van der Waals surface area (Å²) in [5.41, 5.74) is 10.6. The predicted octanol–water partition coefficient (Wildman–Crippen LogP) is -0.153. The molecule has 1 fully saturated rings. The van der Waals surface area contributed by atoms with Crippen molar-refractivity contribution in [3.05, 3.63) is 0 Å². The monoisotopic (exact) mass is 142 g/mol. The Kier molecular flexibility index (Phi) is 2.27. The largest absolute Gasteiger partial charge is 0.369 e. The van der Waals surface area contributed by atoms with Gasteiger partial charge >= 0.3 is 0 Å². The predicted molar refractivity (Wildman–Crippen MR) is 39.1 cm³/mol. The topological polar surface area (TPSA) is 69.1 Å². The lowest BCUT2D eigenvalue weighted by Crippen LogP contribution is -2.21. The number of nitrogens with two attached hydrogens (primary N) is 2. The van der Waals surface area contributed by atoms with Gasteiger partial charge in [0, 0.05) is 5.92 Å². The quantitative estimate of drug-likeness (QED) is 0.562. The second-order valence-corrected chi connectivity index (χ2v) is 3.01. The highest BCUT2D eigenvalue weighted by atomic mass is 16.1. The Balaban J connectivity index is 2.35. The van der Waals surface area contributed by atoms with Gasteiger partial charge in [0.15, 0.2) is 0 Å². The van der Waals surface area contributed by atoms with Crippen LogP contribution in [0.2, 0.25) is 0 Å². The van der Waals surface area contributed by atoms with Crippen LogP contribution in [0.1, 0.15) is 19.3 Å². The molecular weight excluding hydrogens is 128 g/mol. The van der Waals surface area contributed by atoms with E-state index in [9.17, 15) is 4.79 Å². The average molecular weight is 142 g/mol. The van der Waals surface area contributed by atoms with E-state index in [0.29, 0.717) is 12.5 Å². The Labute approximate surface area is 60.8 Å². The molecule has 1 amide bonds. The molecule has 1 saturated carbocycles. The third-order valence-electron chi connectivity index (χ3n) is 2.28. The van der Waals surface area contributed by atoms with Gasteiger partial charge in [0.25, 0.3) is 0 Å². The fourth-order valence-corrected chi connectivity index (χ4v) is 1.55. The lowest BCUT2D eigenvalue weighted by Gasteiger charge is -2.04. The minimum Gasteiger partial charge on any atom is -0.369 e. The summed E-state index contributed by atoms with van der Waals surface area (Å²) >= 11 is 0. The SMILES string of the molecule is NCC1CCC(C(N)=O)C1. The van der Waals surface area contributed by atoms with Gasteiger partial charge in [-0.1, -0.05) is 0 Å². The van der Waals surface area contributed by atoms with Crippen LogP contribution in [0.25, 0.3) is 0 Å². The maximum Gasteiger partial charge on any atom is 0.220 e. The summed E-state index contributed by atoms with van der Waals surface area (Å²) in [4.78, 5) is 10.6. The Bertz CT molecular complexity index is 136. The third kappa shape index (κ3) is 1.48. The molecular formula is C7H14N2O. The molecule has 10 heavy (non-hydrogen) atoms. The van der Waals surface area contributed by atoms with Crippen molar-refractivity contribution < 1.29 is 4.79 Å². The van der Waals surface area contributed by atoms with E-state index < -0.39 is 0 Å². The summed E-state index contributed by atoms with van der Waals surface area (Å²) in [6.07, 6.45) is 2.92. The Hall–Kier alpha value is -0.570. The second-order valence-electron chi connectivity index (χ2n) is 3.01. The summed E-state index contributed by atoms with van der Waals surface area (Å²) < 4.78 is 0. The molecule has 0 aromatic carbocycles. The van der Waals surface area contributed by atoms with Crippen LogP contribution in [0.5, 0.6) is 0 Å². The van der Waals surface area contributed by atoms with E-state index in [1.807, 2.05) is 0 Å². The van der Waals surface area contributed by atoms with Gasteiger partial charge in [0.2, 0.25) is 5.91 Å². The molecule has 1 rings (SSSR count). The van der Waals surface area contributed by atoms with Gasteiger partial charge in [-0.25, -0.2) is 0 Å². The molecule has 1 aliphatic rings. The van der Waals surface area contributed by atoms with Crippen molar-refractivity contribution in [3.63, 3.8) is 0 Å². The maximum absolute atomic E-state index is 10.6. The van der Waals surface area contributed by atoms with Crippen LogP contribution in [0, 0.1) is 11.8 Å². The molecule has 0 aromatic heterocycles. The fourth-order valence-electron chi connectivity index (χ4n) is 1.55. The number of hydrogen-bond acceptors (Lipinski definition) is 2. The van der Waals surface area contributed by atoms with Gasteiger partial charge in [0.05, 0.1) is 0 Å². The van der Waals surface area contributed by atoms with E-state index in [4.69, 9.17) is 11.5 Å². The van der Waals surface area contributed by atoms with E-state index in [1.165, 1.54) is 0 Å². The Morgan fingerprint density at radius 3 is 2.50 bits per heavy atom. The number of hydrogen-bond donors (Lipinski definition) is 2. The zero-order valence-electron chi connectivity index (χ0n) is 6.05. The Morgan fingerprint density at radius 2 is 2.20 bits per heavy atom.